The van der Waals surface area contributed by atoms with Gasteiger partial charge < -0.3 is 0 Å². The first-order valence-corrected chi connectivity index (χ1v) is 5.69. The summed E-state index contributed by atoms with van der Waals surface area (Å²) in [6.07, 6.45) is 1.70. The molecule has 0 aliphatic heterocycles. The van der Waals surface area contributed by atoms with Crippen LogP contribution in [0.25, 0.3) is 11.3 Å². The molecule has 0 fully saturated rings. The molecule has 0 saturated heterocycles. The van der Waals surface area contributed by atoms with Crippen molar-refractivity contribution < 1.29 is 4.39 Å². The average Bonchev–Trinajstić information content (AvgIpc) is 2.17. The van der Waals surface area contributed by atoms with Crippen LogP contribution in [-0.4, -0.2) is 4.98 Å². The topological polar surface area (TPSA) is 12.9 Å². The van der Waals surface area contributed by atoms with Gasteiger partial charge in [0, 0.05) is 15.3 Å². The van der Waals surface area contributed by atoms with E-state index in [0.717, 1.165) is 3.57 Å². The minimum Gasteiger partial charge on any atom is -0.254 e. The van der Waals surface area contributed by atoms with E-state index in [1.165, 1.54) is 12.1 Å². The summed E-state index contributed by atoms with van der Waals surface area (Å²) in [7, 11) is 0. The first kappa shape index (κ1) is 10.8. The van der Waals surface area contributed by atoms with E-state index in [-0.39, 0.29) is 5.82 Å². The van der Waals surface area contributed by atoms with Crippen LogP contribution in [0.1, 0.15) is 0 Å². The third-order valence-corrected chi connectivity index (χ3v) is 2.78. The van der Waals surface area contributed by atoms with Crippen molar-refractivity contribution in [1.29, 1.82) is 0 Å². The molecular formula is C11H6ClFIN. The molecule has 1 nitrogen and oxygen atoms in total. The molecule has 0 unspecified atom stereocenters. The summed E-state index contributed by atoms with van der Waals surface area (Å²) in [5.41, 5.74) is 1.30. The largest absolute Gasteiger partial charge is 0.254 e. The zero-order chi connectivity index (χ0) is 10.8. The summed E-state index contributed by atoms with van der Waals surface area (Å²) in [5.74, 6) is -0.288. The molecule has 15 heavy (non-hydrogen) atoms. The van der Waals surface area contributed by atoms with Gasteiger partial charge in [0.2, 0.25) is 0 Å². The van der Waals surface area contributed by atoms with Gasteiger partial charge in [-0.1, -0.05) is 23.7 Å². The molecule has 1 aromatic heterocycles. The molecule has 0 aliphatic carbocycles. The summed E-state index contributed by atoms with van der Waals surface area (Å²) < 4.78 is 13.9. The van der Waals surface area contributed by atoms with E-state index in [1.807, 2.05) is 0 Å². The van der Waals surface area contributed by atoms with Gasteiger partial charge in [0.25, 0.3) is 0 Å². The molecule has 2 rings (SSSR count). The summed E-state index contributed by atoms with van der Waals surface area (Å²) in [5, 5.41) is 0.535. The maximum absolute atomic E-state index is 13.0. The zero-order valence-electron chi connectivity index (χ0n) is 7.55. The van der Waals surface area contributed by atoms with Crippen LogP contribution in [0.2, 0.25) is 5.02 Å². The number of rotatable bonds is 1. The number of benzene rings is 1. The highest BCUT2D eigenvalue weighted by molar-refractivity contribution is 14.1. The molecule has 0 amide bonds. The van der Waals surface area contributed by atoms with E-state index in [2.05, 4.69) is 27.6 Å². The molecule has 0 spiro atoms. The van der Waals surface area contributed by atoms with Crippen molar-refractivity contribution in [2.24, 2.45) is 0 Å². The van der Waals surface area contributed by atoms with E-state index in [0.29, 0.717) is 16.3 Å². The minimum atomic E-state index is -0.288. The first-order chi connectivity index (χ1) is 7.16. The Hall–Kier alpha value is -0.680. The van der Waals surface area contributed by atoms with Crippen LogP contribution in [0, 0.1) is 9.39 Å². The average molecular weight is 334 g/mol. The van der Waals surface area contributed by atoms with E-state index >= 15 is 0 Å². The van der Waals surface area contributed by atoms with Gasteiger partial charge in [0.05, 0.1) is 10.7 Å². The number of halogens is 3. The van der Waals surface area contributed by atoms with Crippen LogP contribution in [0.3, 0.4) is 0 Å². The summed E-state index contributed by atoms with van der Waals surface area (Å²) in [6, 6.07) is 8.03. The van der Waals surface area contributed by atoms with Crippen molar-refractivity contribution in [3.8, 4) is 11.3 Å². The Kier molecular flexibility index (Phi) is 3.21. The molecular weight excluding hydrogens is 327 g/mol. The fourth-order valence-corrected chi connectivity index (χ4v) is 2.17. The van der Waals surface area contributed by atoms with Crippen LogP contribution >= 0.6 is 34.2 Å². The highest BCUT2D eigenvalue weighted by Gasteiger charge is 2.06. The van der Waals surface area contributed by atoms with Crippen molar-refractivity contribution in [2.45, 2.75) is 0 Å². The van der Waals surface area contributed by atoms with Crippen LogP contribution in [-0.2, 0) is 0 Å². The van der Waals surface area contributed by atoms with Crippen LogP contribution in [0.5, 0.6) is 0 Å². The van der Waals surface area contributed by atoms with Gasteiger partial charge in [-0.05, 0) is 40.8 Å². The minimum absolute atomic E-state index is 0.288. The van der Waals surface area contributed by atoms with Crippen LogP contribution in [0.4, 0.5) is 4.39 Å². The molecule has 4 heteroatoms. The fourth-order valence-electron chi connectivity index (χ4n) is 1.26. The standard InChI is InChI=1S/C11H6ClFIN/c12-10-5-9(14)6-15-11(10)7-2-1-3-8(13)4-7/h1-6H. The van der Waals surface area contributed by atoms with Gasteiger partial charge in [-0.25, -0.2) is 4.39 Å². The fraction of sp³-hybridized carbons (Fsp3) is 0. The first-order valence-electron chi connectivity index (χ1n) is 4.24. The van der Waals surface area contributed by atoms with Crippen molar-refractivity contribution in [3.63, 3.8) is 0 Å². The Bertz CT molecular complexity index is 502. The Morgan fingerprint density at radius 2 is 2.07 bits per heavy atom. The Morgan fingerprint density at radius 3 is 2.73 bits per heavy atom. The lowest BCUT2D eigenvalue weighted by atomic mass is 10.1. The summed E-state index contributed by atoms with van der Waals surface area (Å²) in [6.45, 7) is 0. The molecule has 0 bridgehead atoms. The van der Waals surface area contributed by atoms with Gasteiger partial charge in [-0.3, -0.25) is 4.98 Å². The highest BCUT2D eigenvalue weighted by Crippen LogP contribution is 2.26. The summed E-state index contributed by atoms with van der Waals surface area (Å²) >= 11 is 8.15. The molecule has 2 aromatic rings. The van der Waals surface area contributed by atoms with E-state index in [1.54, 1.807) is 24.4 Å². The van der Waals surface area contributed by atoms with E-state index < -0.39 is 0 Å². The lowest BCUT2D eigenvalue weighted by Gasteiger charge is -2.03. The zero-order valence-corrected chi connectivity index (χ0v) is 10.5. The van der Waals surface area contributed by atoms with Gasteiger partial charge >= 0.3 is 0 Å². The number of hydrogen-bond acceptors (Lipinski definition) is 1. The third-order valence-electron chi connectivity index (χ3n) is 1.91. The quantitative estimate of drug-likeness (QED) is 0.715. The number of nitrogens with zero attached hydrogens (tertiary/aromatic N) is 1. The lowest BCUT2D eigenvalue weighted by Crippen LogP contribution is -1.87. The normalized spacial score (nSPS) is 10.3. The lowest BCUT2D eigenvalue weighted by molar-refractivity contribution is 0.628. The SMILES string of the molecule is Fc1cccc(-c2ncc(I)cc2Cl)c1. The predicted octanol–water partition coefficient (Wildman–Crippen LogP) is 4.15. The maximum atomic E-state index is 13.0. The Balaban J connectivity index is 2.54. The molecule has 0 atom stereocenters. The van der Waals surface area contributed by atoms with Gasteiger partial charge in [-0.15, -0.1) is 0 Å². The monoisotopic (exact) mass is 333 g/mol. The molecule has 1 heterocycles. The molecule has 0 aliphatic rings. The van der Waals surface area contributed by atoms with Crippen molar-refractivity contribution >= 4 is 34.2 Å². The second kappa shape index (κ2) is 4.45. The van der Waals surface area contributed by atoms with Gasteiger partial charge in [0.15, 0.2) is 0 Å². The van der Waals surface area contributed by atoms with Crippen molar-refractivity contribution in [3.05, 3.63) is 50.9 Å². The number of pyridine rings is 1. The molecule has 76 valence electrons. The van der Waals surface area contributed by atoms with Crippen LogP contribution < -0.4 is 0 Å². The third kappa shape index (κ3) is 2.46. The second-order valence-electron chi connectivity index (χ2n) is 2.99. The predicted molar refractivity (Wildman–Crippen MR) is 67.4 cm³/mol. The Labute approximate surface area is 105 Å². The second-order valence-corrected chi connectivity index (χ2v) is 4.65. The molecule has 0 saturated carbocycles. The molecule has 1 aromatic carbocycles. The van der Waals surface area contributed by atoms with E-state index in [4.69, 9.17) is 11.6 Å². The van der Waals surface area contributed by atoms with Crippen LogP contribution in [0.15, 0.2) is 36.5 Å². The number of hydrogen-bond donors (Lipinski definition) is 0. The Morgan fingerprint density at radius 1 is 1.27 bits per heavy atom. The smallest absolute Gasteiger partial charge is 0.123 e. The van der Waals surface area contributed by atoms with Gasteiger partial charge in [0.1, 0.15) is 5.82 Å². The highest BCUT2D eigenvalue weighted by atomic mass is 127. The summed E-state index contributed by atoms with van der Waals surface area (Å²) in [4.78, 5) is 4.18. The van der Waals surface area contributed by atoms with E-state index in [9.17, 15) is 4.39 Å². The molecule has 0 radical (unpaired) electrons. The maximum Gasteiger partial charge on any atom is 0.123 e. The van der Waals surface area contributed by atoms with Crippen molar-refractivity contribution in [2.75, 3.05) is 0 Å². The number of aromatic nitrogens is 1. The van der Waals surface area contributed by atoms with Gasteiger partial charge in [-0.2, -0.15) is 0 Å². The molecule has 0 N–H and O–H groups in total. The van der Waals surface area contributed by atoms with Crippen molar-refractivity contribution in [1.82, 2.24) is 4.98 Å².